The second-order valence-electron chi connectivity index (χ2n) is 6.97. The molecule has 0 aromatic carbocycles. The molecule has 0 bridgehead atoms. The molecule has 4 nitrogen and oxygen atoms in total. The number of rotatable bonds is 4. The molecule has 118 valence electrons. The topological polar surface area (TPSA) is 41.0 Å². The smallest absolute Gasteiger partial charge is 0.138 e. The third-order valence-corrected chi connectivity index (χ3v) is 4.13. The van der Waals surface area contributed by atoms with E-state index in [1.165, 1.54) is 25.7 Å². The van der Waals surface area contributed by atoms with Gasteiger partial charge in [-0.15, -0.1) is 0 Å². The van der Waals surface area contributed by atoms with Gasteiger partial charge >= 0.3 is 0 Å². The van der Waals surface area contributed by atoms with E-state index < -0.39 is 0 Å². The molecular formula is C17H30N4. The Hall–Kier alpha value is -1.32. The van der Waals surface area contributed by atoms with Crippen molar-refractivity contribution in [3.05, 3.63) is 11.9 Å². The lowest BCUT2D eigenvalue weighted by Crippen LogP contribution is -2.40. The minimum Gasteiger partial charge on any atom is -0.370 e. The minimum atomic E-state index is -0.0301. The van der Waals surface area contributed by atoms with Crippen molar-refractivity contribution in [2.24, 2.45) is 0 Å². The maximum Gasteiger partial charge on any atom is 0.138 e. The Morgan fingerprint density at radius 1 is 1.24 bits per heavy atom. The summed E-state index contributed by atoms with van der Waals surface area (Å²) in [6.07, 6.45) is 5.07. The first-order valence-electron chi connectivity index (χ1n) is 8.35. The fraction of sp³-hybridized carbons (Fsp3) is 0.765. The number of hydrogen-bond donors (Lipinski definition) is 1. The molecule has 0 radical (unpaired) electrons. The predicted molar refractivity (Wildman–Crippen MR) is 90.2 cm³/mol. The Kier molecular flexibility index (Phi) is 5.07. The van der Waals surface area contributed by atoms with Crippen LogP contribution in [-0.4, -0.2) is 29.1 Å². The Labute approximate surface area is 129 Å². The standard InChI is InChI=1S/C17H30N4/c1-6-13-10-8-9-11-21(13)15-12-14(18-7-2)19-16(20-15)17(3,4)5/h12-13H,6-11H2,1-5H3,(H,18,19,20). The Morgan fingerprint density at radius 3 is 2.62 bits per heavy atom. The largest absolute Gasteiger partial charge is 0.370 e. The van der Waals surface area contributed by atoms with Gasteiger partial charge < -0.3 is 10.2 Å². The number of piperidine rings is 1. The number of nitrogens with one attached hydrogen (secondary N) is 1. The van der Waals surface area contributed by atoms with Gasteiger partial charge in [0, 0.05) is 30.6 Å². The van der Waals surface area contributed by atoms with E-state index in [9.17, 15) is 0 Å². The maximum atomic E-state index is 4.88. The van der Waals surface area contributed by atoms with Crippen molar-refractivity contribution in [3.8, 4) is 0 Å². The molecular weight excluding hydrogens is 260 g/mol. The van der Waals surface area contributed by atoms with Crippen LogP contribution in [0.5, 0.6) is 0 Å². The van der Waals surface area contributed by atoms with Gasteiger partial charge in [-0.1, -0.05) is 27.7 Å². The molecule has 1 fully saturated rings. The predicted octanol–water partition coefficient (Wildman–Crippen LogP) is 3.97. The van der Waals surface area contributed by atoms with Crippen LogP contribution in [0.2, 0.25) is 0 Å². The molecule has 4 heteroatoms. The second kappa shape index (κ2) is 6.63. The SMILES string of the molecule is CCNc1cc(N2CCCCC2CC)nc(C(C)(C)C)n1. The summed E-state index contributed by atoms with van der Waals surface area (Å²) in [4.78, 5) is 12.1. The van der Waals surface area contributed by atoms with Crippen molar-refractivity contribution in [3.63, 3.8) is 0 Å². The minimum absolute atomic E-state index is 0.0301. The lowest BCUT2D eigenvalue weighted by atomic mass is 9.95. The Balaban J connectivity index is 2.38. The maximum absolute atomic E-state index is 4.88. The van der Waals surface area contributed by atoms with E-state index in [1.807, 2.05) is 0 Å². The third kappa shape index (κ3) is 3.86. The number of nitrogens with zero attached hydrogens (tertiary/aromatic N) is 3. The van der Waals surface area contributed by atoms with E-state index in [2.05, 4.69) is 50.9 Å². The molecule has 1 saturated heterocycles. The first kappa shape index (κ1) is 16.1. The summed E-state index contributed by atoms with van der Waals surface area (Å²) in [5.41, 5.74) is -0.0301. The molecule has 0 aliphatic carbocycles. The van der Waals surface area contributed by atoms with E-state index in [0.29, 0.717) is 6.04 Å². The number of hydrogen-bond acceptors (Lipinski definition) is 4. The monoisotopic (exact) mass is 290 g/mol. The molecule has 2 heterocycles. The molecule has 1 aliphatic heterocycles. The first-order valence-corrected chi connectivity index (χ1v) is 8.35. The molecule has 1 atom stereocenters. The van der Waals surface area contributed by atoms with E-state index in [-0.39, 0.29) is 5.41 Å². The number of anilines is 2. The lowest BCUT2D eigenvalue weighted by Gasteiger charge is -2.37. The average Bonchev–Trinajstić information content (AvgIpc) is 2.46. The average molecular weight is 290 g/mol. The first-order chi connectivity index (χ1) is 9.95. The van der Waals surface area contributed by atoms with Crippen molar-refractivity contribution in [1.82, 2.24) is 9.97 Å². The van der Waals surface area contributed by atoms with Crippen LogP contribution < -0.4 is 10.2 Å². The van der Waals surface area contributed by atoms with Gasteiger partial charge in [-0.05, 0) is 32.6 Å². The van der Waals surface area contributed by atoms with Crippen molar-refractivity contribution in [2.75, 3.05) is 23.3 Å². The highest BCUT2D eigenvalue weighted by atomic mass is 15.2. The molecule has 0 spiro atoms. The second-order valence-corrected chi connectivity index (χ2v) is 6.97. The van der Waals surface area contributed by atoms with Crippen LogP contribution in [0.15, 0.2) is 6.07 Å². The zero-order valence-corrected chi connectivity index (χ0v) is 14.2. The summed E-state index contributed by atoms with van der Waals surface area (Å²) in [5, 5.41) is 3.35. The quantitative estimate of drug-likeness (QED) is 0.911. The summed E-state index contributed by atoms with van der Waals surface area (Å²) in [6.45, 7) is 12.9. The molecule has 1 unspecified atom stereocenters. The van der Waals surface area contributed by atoms with Crippen LogP contribution in [-0.2, 0) is 5.41 Å². The molecule has 1 aromatic rings. The van der Waals surface area contributed by atoms with Crippen molar-refractivity contribution < 1.29 is 0 Å². The fourth-order valence-corrected chi connectivity index (χ4v) is 2.92. The van der Waals surface area contributed by atoms with Gasteiger partial charge in [0.2, 0.25) is 0 Å². The van der Waals surface area contributed by atoms with E-state index in [0.717, 1.165) is 30.5 Å². The Bertz CT molecular complexity index is 464. The zero-order chi connectivity index (χ0) is 15.5. The van der Waals surface area contributed by atoms with Crippen LogP contribution in [0.4, 0.5) is 11.6 Å². The van der Waals surface area contributed by atoms with E-state index >= 15 is 0 Å². The van der Waals surface area contributed by atoms with Crippen LogP contribution in [0.1, 0.15) is 66.1 Å². The Morgan fingerprint density at radius 2 is 2.00 bits per heavy atom. The van der Waals surface area contributed by atoms with Gasteiger partial charge in [-0.3, -0.25) is 0 Å². The van der Waals surface area contributed by atoms with Crippen LogP contribution >= 0.6 is 0 Å². The summed E-state index contributed by atoms with van der Waals surface area (Å²) in [7, 11) is 0. The number of aromatic nitrogens is 2. The summed E-state index contributed by atoms with van der Waals surface area (Å²) in [6, 6.07) is 2.74. The fourth-order valence-electron chi connectivity index (χ4n) is 2.92. The molecule has 0 saturated carbocycles. The highest BCUT2D eigenvalue weighted by Gasteiger charge is 2.25. The molecule has 1 N–H and O–H groups in total. The van der Waals surface area contributed by atoms with E-state index in [1.54, 1.807) is 0 Å². The van der Waals surface area contributed by atoms with Crippen molar-refractivity contribution in [1.29, 1.82) is 0 Å². The summed E-state index contributed by atoms with van der Waals surface area (Å²) >= 11 is 0. The third-order valence-electron chi connectivity index (χ3n) is 4.13. The molecule has 21 heavy (non-hydrogen) atoms. The van der Waals surface area contributed by atoms with E-state index in [4.69, 9.17) is 9.97 Å². The summed E-state index contributed by atoms with van der Waals surface area (Å²) < 4.78 is 0. The normalized spacial score (nSPS) is 19.7. The highest BCUT2D eigenvalue weighted by molar-refractivity contribution is 5.51. The highest BCUT2D eigenvalue weighted by Crippen LogP contribution is 2.29. The van der Waals surface area contributed by atoms with Crippen LogP contribution in [0.25, 0.3) is 0 Å². The molecule has 1 aromatic heterocycles. The van der Waals surface area contributed by atoms with Crippen molar-refractivity contribution in [2.45, 2.75) is 71.8 Å². The molecule has 2 rings (SSSR count). The van der Waals surface area contributed by atoms with Crippen LogP contribution in [0, 0.1) is 0 Å². The van der Waals surface area contributed by atoms with Crippen molar-refractivity contribution >= 4 is 11.6 Å². The molecule has 1 aliphatic rings. The van der Waals surface area contributed by atoms with Gasteiger partial charge in [0.15, 0.2) is 0 Å². The van der Waals surface area contributed by atoms with Gasteiger partial charge in [-0.25, -0.2) is 9.97 Å². The van der Waals surface area contributed by atoms with Gasteiger partial charge in [-0.2, -0.15) is 0 Å². The van der Waals surface area contributed by atoms with Gasteiger partial charge in [0.1, 0.15) is 17.5 Å². The summed E-state index contributed by atoms with van der Waals surface area (Å²) in [5.74, 6) is 2.97. The molecule has 0 amide bonds. The van der Waals surface area contributed by atoms with Gasteiger partial charge in [0.05, 0.1) is 0 Å². The van der Waals surface area contributed by atoms with Crippen LogP contribution in [0.3, 0.4) is 0 Å². The van der Waals surface area contributed by atoms with Gasteiger partial charge in [0.25, 0.3) is 0 Å². The zero-order valence-electron chi connectivity index (χ0n) is 14.2. The lowest BCUT2D eigenvalue weighted by molar-refractivity contribution is 0.444.